The number of anilines is 1. The number of nitrogens with two attached hydrogens (primary N) is 1. The van der Waals surface area contributed by atoms with Gasteiger partial charge in [-0.1, -0.05) is 13.0 Å². The number of benzene rings is 1. The van der Waals surface area contributed by atoms with E-state index in [9.17, 15) is 4.79 Å². The first-order valence-electron chi connectivity index (χ1n) is 14.4. The topological polar surface area (TPSA) is 120 Å². The number of nitrogens with zero attached hydrogens (tertiary/aromatic N) is 7. The number of fused-ring (bicyclic) bond motifs is 2. The van der Waals surface area contributed by atoms with Gasteiger partial charge in [0.15, 0.2) is 17.3 Å². The summed E-state index contributed by atoms with van der Waals surface area (Å²) in [6.45, 7) is 3.61. The molecule has 41 heavy (non-hydrogen) atoms. The van der Waals surface area contributed by atoms with E-state index in [1.165, 1.54) is 11.1 Å². The second kappa shape index (κ2) is 10.4. The molecule has 4 aromatic heterocycles. The van der Waals surface area contributed by atoms with Gasteiger partial charge in [-0.3, -0.25) is 9.36 Å². The predicted molar refractivity (Wildman–Crippen MR) is 158 cm³/mol. The third-order valence-electron chi connectivity index (χ3n) is 8.36. The summed E-state index contributed by atoms with van der Waals surface area (Å²) in [4.78, 5) is 28.3. The van der Waals surface area contributed by atoms with E-state index in [1.807, 2.05) is 48.4 Å². The van der Waals surface area contributed by atoms with Gasteiger partial charge in [0.2, 0.25) is 5.91 Å². The summed E-state index contributed by atoms with van der Waals surface area (Å²) in [6.07, 6.45) is 9.94. The van der Waals surface area contributed by atoms with Gasteiger partial charge in [-0.15, -0.1) is 0 Å². The Balaban J connectivity index is 1.23. The lowest BCUT2D eigenvalue weighted by Crippen LogP contribution is -2.45. The summed E-state index contributed by atoms with van der Waals surface area (Å²) in [5, 5.41) is 8.26. The van der Waals surface area contributed by atoms with E-state index in [2.05, 4.69) is 38.2 Å². The second-order valence-electron chi connectivity index (χ2n) is 10.8. The lowest BCUT2D eigenvalue weighted by Gasteiger charge is -2.34. The number of pyridine rings is 2. The number of amides is 1. The van der Waals surface area contributed by atoms with Crippen LogP contribution in [0.1, 0.15) is 49.8 Å². The molecule has 1 amide bonds. The molecule has 1 aliphatic carbocycles. The number of aromatic nitrogens is 6. The number of hydrogen-bond acceptors (Lipinski definition) is 7. The zero-order chi connectivity index (χ0) is 27.9. The Kier molecular flexibility index (Phi) is 6.47. The average molecular weight is 548 g/mol. The van der Waals surface area contributed by atoms with Gasteiger partial charge in [-0.25, -0.2) is 19.6 Å². The minimum absolute atomic E-state index is 0.257. The number of rotatable bonds is 6. The molecule has 10 heteroatoms. The van der Waals surface area contributed by atoms with Crippen molar-refractivity contribution in [2.45, 2.75) is 51.1 Å². The van der Waals surface area contributed by atoms with Crippen LogP contribution in [0.4, 0.5) is 5.82 Å². The van der Waals surface area contributed by atoms with Crippen molar-refractivity contribution in [2.24, 2.45) is 0 Å². The number of carbonyl (C=O) groups is 1. The first-order valence-corrected chi connectivity index (χ1v) is 14.4. The van der Waals surface area contributed by atoms with Crippen molar-refractivity contribution >= 4 is 22.9 Å². The van der Waals surface area contributed by atoms with Gasteiger partial charge in [0.1, 0.15) is 11.3 Å². The lowest BCUT2D eigenvalue weighted by molar-refractivity contribution is -0.131. The number of carbonyl (C=O) groups excluding carboxylic acids is 1. The van der Waals surface area contributed by atoms with E-state index in [-0.39, 0.29) is 5.91 Å². The summed E-state index contributed by atoms with van der Waals surface area (Å²) >= 11 is 0. The molecule has 5 aromatic rings. The number of nitrogens with one attached hydrogen (secondary N) is 1. The molecule has 2 aliphatic rings. The van der Waals surface area contributed by atoms with Gasteiger partial charge >= 0.3 is 0 Å². The minimum atomic E-state index is 0.257. The summed E-state index contributed by atoms with van der Waals surface area (Å²) in [5.41, 5.74) is 12.3. The van der Waals surface area contributed by atoms with Crippen LogP contribution in [0.25, 0.3) is 34.1 Å². The monoisotopic (exact) mass is 547 g/mol. The van der Waals surface area contributed by atoms with Gasteiger partial charge in [-0.05, 0) is 79.3 Å². The van der Waals surface area contributed by atoms with Crippen molar-refractivity contribution in [3.05, 3.63) is 78.2 Å². The van der Waals surface area contributed by atoms with Crippen molar-refractivity contribution in [3.63, 3.8) is 0 Å². The Labute approximate surface area is 238 Å². The molecule has 7 rings (SSSR count). The SMILES string of the molecule is CCC(=O)N1CCC(N[C@H]2CCc3cc(-n4c(-c5cccnc5N)nc5ccc(-n6cccn6)nc54)ccc32)CC1. The zero-order valence-corrected chi connectivity index (χ0v) is 23.1. The largest absolute Gasteiger partial charge is 0.383 e. The van der Waals surface area contributed by atoms with Crippen molar-refractivity contribution in [3.8, 4) is 22.9 Å². The molecule has 208 valence electrons. The van der Waals surface area contributed by atoms with E-state index in [0.29, 0.717) is 36.0 Å². The zero-order valence-electron chi connectivity index (χ0n) is 23.1. The van der Waals surface area contributed by atoms with Crippen LogP contribution < -0.4 is 11.1 Å². The normalized spacial score (nSPS) is 17.3. The molecule has 0 unspecified atom stereocenters. The quantitative estimate of drug-likeness (QED) is 0.326. The minimum Gasteiger partial charge on any atom is -0.383 e. The molecular formula is C31H33N9O. The number of hydrogen-bond donors (Lipinski definition) is 2. The van der Waals surface area contributed by atoms with Crippen LogP contribution in [0.15, 0.2) is 67.1 Å². The fourth-order valence-corrected chi connectivity index (χ4v) is 6.23. The smallest absolute Gasteiger partial charge is 0.222 e. The molecular weight excluding hydrogens is 514 g/mol. The number of piperidine rings is 1. The van der Waals surface area contributed by atoms with Crippen molar-refractivity contribution < 1.29 is 4.79 Å². The summed E-state index contributed by atoms with van der Waals surface area (Å²) in [6, 6.07) is 17.0. The highest BCUT2D eigenvalue weighted by molar-refractivity contribution is 5.83. The van der Waals surface area contributed by atoms with Gasteiger partial charge in [-0.2, -0.15) is 5.10 Å². The highest BCUT2D eigenvalue weighted by Crippen LogP contribution is 2.36. The first-order chi connectivity index (χ1) is 20.1. The molecule has 1 aliphatic heterocycles. The van der Waals surface area contributed by atoms with E-state index in [4.69, 9.17) is 15.7 Å². The lowest BCUT2D eigenvalue weighted by atomic mass is 10.0. The Morgan fingerprint density at radius 2 is 1.93 bits per heavy atom. The Hall–Kier alpha value is -4.57. The maximum absolute atomic E-state index is 12.1. The molecule has 1 saturated heterocycles. The Bertz CT molecular complexity index is 1720. The maximum atomic E-state index is 12.1. The molecule has 0 saturated carbocycles. The summed E-state index contributed by atoms with van der Waals surface area (Å²) in [7, 11) is 0. The van der Waals surface area contributed by atoms with Gasteiger partial charge in [0, 0.05) is 55.9 Å². The number of likely N-dealkylation sites (tertiary alicyclic amines) is 1. The van der Waals surface area contributed by atoms with Crippen LogP contribution >= 0.6 is 0 Å². The van der Waals surface area contributed by atoms with E-state index in [1.54, 1.807) is 17.1 Å². The van der Waals surface area contributed by atoms with Crippen molar-refractivity contribution in [1.82, 2.24) is 39.5 Å². The van der Waals surface area contributed by atoms with Crippen LogP contribution in [0, 0.1) is 0 Å². The molecule has 0 bridgehead atoms. The van der Waals surface area contributed by atoms with E-state index < -0.39 is 0 Å². The molecule has 1 aromatic carbocycles. The van der Waals surface area contributed by atoms with Crippen molar-refractivity contribution in [2.75, 3.05) is 18.8 Å². The van der Waals surface area contributed by atoms with Gasteiger partial charge in [0.05, 0.1) is 5.56 Å². The molecule has 10 nitrogen and oxygen atoms in total. The highest BCUT2D eigenvalue weighted by atomic mass is 16.2. The average Bonchev–Trinajstić information content (AvgIpc) is 3.76. The third kappa shape index (κ3) is 4.63. The highest BCUT2D eigenvalue weighted by Gasteiger charge is 2.29. The van der Waals surface area contributed by atoms with Crippen LogP contribution in [-0.4, -0.2) is 59.2 Å². The van der Waals surface area contributed by atoms with Gasteiger partial charge in [0.25, 0.3) is 0 Å². The Morgan fingerprint density at radius 3 is 2.71 bits per heavy atom. The molecule has 1 fully saturated rings. The summed E-state index contributed by atoms with van der Waals surface area (Å²) in [5.74, 6) is 2.10. The van der Waals surface area contributed by atoms with Crippen LogP contribution in [0.5, 0.6) is 0 Å². The fraction of sp³-hybridized carbons (Fsp3) is 0.323. The fourth-order valence-electron chi connectivity index (χ4n) is 6.23. The molecule has 3 N–H and O–H groups in total. The van der Waals surface area contributed by atoms with Crippen LogP contribution in [-0.2, 0) is 11.2 Å². The molecule has 0 spiro atoms. The Morgan fingerprint density at radius 1 is 1.05 bits per heavy atom. The number of imidazole rings is 1. The molecule has 5 heterocycles. The van der Waals surface area contributed by atoms with Crippen LogP contribution in [0.3, 0.4) is 0 Å². The van der Waals surface area contributed by atoms with Crippen molar-refractivity contribution in [1.29, 1.82) is 0 Å². The maximum Gasteiger partial charge on any atom is 0.222 e. The first kappa shape index (κ1) is 25.4. The standard InChI is InChI=1S/C31H33N9O/c1-2-28(41)38-17-12-21(13-18-38)35-25-9-6-20-19-22(7-8-23(20)25)40-30(24-5-3-14-33-29(24)32)36-26-10-11-27(37-31(26)40)39-16-4-15-34-39/h3-5,7-8,10-11,14-16,19,21,25,35H,2,6,9,12-13,17-18H2,1H3,(H2,32,33)/t25-/m0/s1. The summed E-state index contributed by atoms with van der Waals surface area (Å²) < 4.78 is 3.83. The number of nitrogen functional groups attached to an aromatic ring is 1. The van der Waals surface area contributed by atoms with E-state index >= 15 is 0 Å². The third-order valence-corrected chi connectivity index (χ3v) is 8.36. The molecule has 1 atom stereocenters. The van der Waals surface area contributed by atoms with Crippen LogP contribution in [0.2, 0.25) is 0 Å². The predicted octanol–water partition coefficient (Wildman–Crippen LogP) is 4.23. The number of aryl methyl sites for hydroxylation is 1. The second-order valence-corrected chi connectivity index (χ2v) is 10.8. The molecule has 0 radical (unpaired) electrons. The van der Waals surface area contributed by atoms with Gasteiger partial charge < -0.3 is 16.0 Å². The van der Waals surface area contributed by atoms with E-state index in [0.717, 1.165) is 61.2 Å².